The number of thioether (sulfide) groups is 1. The molecule has 0 N–H and O–H groups in total. The summed E-state index contributed by atoms with van der Waals surface area (Å²) in [7, 11) is 0. The normalized spacial score (nSPS) is 20.7. The highest BCUT2D eigenvalue weighted by Gasteiger charge is 2.24. The zero-order valence-electron chi connectivity index (χ0n) is 14.7. The molecule has 134 valence electrons. The topological polar surface area (TPSA) is 55.3 Å². The van der Waals surface area contributed by atoms with Gasteiger partial charge in [-0.15, -0.1) is 11.3 Å². The lowest BCUT2D eigenvalue weighted by Crippen LogP contribution is -2.41. The molecule has 0 bridgehead atoms. The van der Waals surface area contributed by atoms with Gasteiger partial charge in [0.2, 0.25) is 5.91 Å². The lowest BCUT2D eigenvalue weighted by molar-refractivity contribution is -0.132. The van der Waals surface area contributed by atoms with E-state index in [0.717, 1.165) is 34.4 Å². The van der Waals surface area contributed by atoms with E-state index in [1.807, 2.05) is 23.2 Å². The Kier molecular flexibility index (Phi) is 4.97. The standard InChI is InChI=1S/C18H23N3O2S2/c1-11-3-4-13-14(9-11)25-18-16(13)17(19-12(2)20-18)24-10-15(22)21-5-7-23-8-6-21/h11H,3-10H2,1-2H3. The third kappa shape index (κ3) is 3.55. The number of morpholine rings is 1. The highest BCUT2D eigenvalue weighted by molar-refractivity contribution is 8.00. The average molecular weight is 378 g/mol. The van der Waals surface area contributed by atoms with Crippen LogP contribution >= 0.6 is 23.1 Å². The molecule has 0 radical (unpaired) electrons. The first-order valence-electron chi connectivity index (χ1n) is 8.89. The van der Waals surface area contributed by atoms with Crippen molar-refractivity contribution in [3.63, 3.8) is 0 Å². The summed E-state index contributed by atoms with van der Waals surface area (Å²) >= 11 is 3.39. The minimum absolute atomic E-state index is 0.176. The quantitative estimate of drug-likeness (QED) is 0.608. The van der Waals surface area contributed by atoms with Crippen LogP contribution in [0.25, 0.3) is 10.2 Å². The maximum Gasteiger partial charge on any atom is 0.233 e. The van der Waals surface area contributed by atoms with Crippen LogP contribution in [-0.2, 0) is 22.4 Å². The van der Waals surface area contributed by atoms with E-state index in [1.165, 1.54) is 22.2 Å². The van der Waals surface area contributed by atoms with Crippen molar-refractivity contribution in [1.82, 2.24) is 14.9 Å². The molecule has 25 heavy (non-hydrogen) atoms. The van der Waals surface area contributed by atoms with Crippen molar-refractivity contribution in [3.05, 3.63) is 16.3 Å². The van der Waals surface area contributed by atoms with E-state index in [9.17, 15) is 4.79 Å². The van der Waals surface area contributed by atoms with Gasteiger partial charge >= 0.3 is 0 Å². The Bertz CT molecular complexity index is 799. The van der Waals surface area contributed by atoms with Crippen molar-refractivity contribution >= 4 is 39.2 Å². The van der Waals surface area contributed by atoms with E-state index in [0.29, 0.717) is 32.1 Å². The van der Waals surface area contributed by atoms with Crippen LogP contribution in [0.4, 0.5) is 0 Å². The van der Waals surface area contributed by atoms with E-state index < -0.39 is 0 Å². The Hall–Kier alpha value is -1.18. The molecule has 1 atom stereocenters. The second-order valence-corrected chi connectivity index (χ2v) is 8.94. The van der Waals surface area contributed by atoms with E-state index in [4.69, 9.17) is 4.74 Å². The van der Waals surface area contributed by atoms with Crippen LogP contribution in [0.5, 0.6) is 0 Å². The molecular formula is C18H23N3O2S2. The highest BCUT2D eigenvalue weighted by atomic mass is 32.2. The Morgan fingerprint density at radius 1 is 1.36 bits per heavy atom. The molecule has 1 saturated heterocycles. The second-order valence-electron chi connectivity index (χ2n) is 6.89. The molecular weight excluding hydrogens is 354 g/mol. The van der Waals surface area contributed by atoms with Gasteiger partial charge in [-0.1, -0.05) is 18.7 Å². The van der Waals surface area contributed by atoms with Gasteiger partial charge < -0.3 is 9.64 Å². The lowest BCUT2D eigenvalue weighted by Gasteiger charge is -2.26. The highest BCUT2D eigenvalue weighted by Crippen LogP contribution is 2.40. The molecule has 1 amide bonds. The summed E-state index contributed by atoms with van der Waals surface area (Å²) in [4.78, 5) is 26.3. The fraction of sp³-hybridized carbons (Fsp3) is 0.611. The summed E-state index contributed by atoms with van der Waals surface area (Å²) in [6, 6.07) is 0. The molecule has 0 aromatic carbocycles. The number of carbonyl (C=O) groups is 1. The minimum Gasteiger partial charge on any atom is -0.378 e. The number of carbonyl (C=O) groups excluding carboxylic acids is 1. The first kappa shape index (κ1) is 17.2. The molecule has 2 aromatic heterocycles. The number of aromatic nitrogens is 2. The average Bonchev–Trinajstić information content (AvgIpc) is 2.97. The summed E-state index contributed by atoms with van der Waals surface area (Å²) in [5.41, 5.74) is 1.43. The molecule has 5 nitrogen and oxygen atoms in total. The SMILES string of the molecule is Cc1nc(SCC(=O)N2CCOCC2)c2c3c(sc2n1)CC(C)CC3. The number of nitrogens with zero attached hydrogens (tertiary/aromatic N) is 3. The molecule has 1 aliphatic carbocycles. The minimum atomic E-state index is 0.176. The number of hydrogen-bond donors (Lipinski definition) is 0. The van der Waals surface area contributed by atoms with Crippen LogP contribution in [0, 0.1) is 12.8 Å². The first-order valence-corrected chi connectivity index (χ1v) is 10.7. The third-order valence-electron chi connectivity index (χ3n) is 4.93. The first-order chi connectivity index (χ1) is 12.1. The van der Waals surface area contributed by atoms with Crippen LogP contribution in [0.15, 0.2) is 5.03 Å². The van der Waals surface area contributed by atoms with Gasteiger partial charge in [0.25, 0.3) is 0 Å². The van der Waals surface area contributed by atoms with Crippen molar-refractivity contribution in [3.8, 4) is 0 Å². The van der Waals surface area contributed by atoms with Crippen LogP contribution in [0.1, 0.15) is 29.6 Å². The number of amides is 1. The van der Waals surface area contributed by atoms with Gasteiger partial charge in [0.05, 0.1) is 19.0 Å². The molecule has 1 unspecified atom stereocenters. The van der Waals surface area contributed by atoms with Crippen LogP contribution in [0.2, 0.25) is 0 Å². The van der Waals surface area contributed by atoms with Gasteiger partial charge in [0.1, 0.15) is 15.7 Å². The van der Waals surface area contributed by atoms with E-state index in [2.05, 4.69) is 16.9 Å². The van der Waals surface area contributed by atoms with Gasteiger partial charge in [-0.25, -0.2) is 9.97 Å². The maximum absolute atomic E-state index is 12.5. The Morgan fingerprint density at radius 2 is 2.16 bits per heavy atom. The number of hydrogen-bond acceptors (Lipinski definition) is 6. The van der Waals surface area contributed by atoms with E-state index in [1.54, 1.807) is 11.8 Å². The molecule has 4 rings (SSSR count). The number of aryl methyl sites for hydroxylation is 2. The number of rotatable bonds is 3. The Morgan fingerprint density at radius 3 is 2.96 bits per heavy atom. The molecule has 0 saturated carbocycles. The van der Waals surface area contributed by atoms with Gasteiger partial charge in [-0.2, -0.15) is 0 Å². The molecule has 7 heteroatoms. The lowest BCUT2D eigenvalue weighted by atomic mass is 9.89. The fourth-order valence-corrected chi connectivity index (χ4v) is 6.05. The van der Waals surface area contributed by atoms with Crippen LogP contribution in [0.3, 0.4) is 0 Å². The monoisotopic (exact) mass is 377 g/mol. The smallest absolute Gasteiger partial charge is 0.233 e. The second kappa shape index (κ2) is 7.21. The summed E-state index contributed by atoms with van der Waals surface area (Å²) in [6.45, 7) is 6.94. The van der Waals surface area contributed by atoms with Gasteiger partial charge in [-0.05, 0) is 37.7 Å². The third-order valence-corrected chi connectivity index (χ3v) is 7.04. The summed E-state index contributed by atoms with van der Waals surface area (Å²) in [5.74, 6) is 2.15. The van der Waals surface area contributed by atoms with Gasteiger partial charge in [0.15, 0.2) is 0 Å². The van der Waals surface area contributed by atoms with E-state index >= 15 is 0 Å². The summed E-state index contributed by atoms with van der Waals surface area (Å²) in [6.07, 6.45) is 3.48. The number of ether oxygens (including phenoxy) is 1. The molecule has 2 aliphatic rings. The van der Waals surface area contributed by atoms with Crippen molar-refractivity contribution in [2.24, 2.45) is 5.92 Å². The predicted molar refractivity (Wildman–Crippen MR) is 101 cm³/mol. The largest absolute Gasteiger partial charge is 0.378 e. The zero-order chi connectivity index (χ0) is 17.4. The van der Waals surface area contributed by atoms with Crippen molar-refractivity contribution < 1.29 is 9.53 Å². The maximum atomic E-state index is 12.5. The molecule has 1 fully saturated rings. The van der Waals surface area contributed by atoms with Crippen LogP contribution in [-0.4, -0.2) is 52.8 Å². The summed E-state index contributed by atoms with van der Waals surface area (Å²) in [5, 5.41) is 2.19. The zero-order valence-corrected chi connectivity index (χ0v) is 16.3. The number of thiophene rings is 1. The van der Waals surface area contributed by atoms with Gasteiger partial charge in [0, 0.05) is 23.4 Å². The van der Waals surface area contributed by atoms with E-state index in [-0.39, 0.29) is 5.91 Å². The predicted octanol–water partition coefficient (Wildman–Crippen LogP) is 3.08. The number of fused-ring (bicyclic) bond motifs is 3. The van der Waals surface area contributed by atoms with Gasteiger partial charge in [-0.3, -0.25) is 4.79 Å². The molecule has 2 aromatic rings. The molecule has 0 spiro atoms. The molecule has 3 heterocycles. The van der Waals surface area contributed by atoms with Crippen molar-refractivity contribution in [2.45, 2.75) is 38.1 Å². The Labute approximate surface area is 156 Å². The van der Waals surface area contributed by atoms with Crippen molar-refractivity contribution in [1.29, 1.82) is 0 Å². The van der Waals surface area contributed by atoms with Crippen LogP contribution < -0.4 is 0 Å². The summed E-state index contributed by atoms with van der Waals surface area (Å²) < 4.78 is 5.33. The van der Waals surface area contributed by atoms with Crippen molar-refractivity contribution in [2.75, 3.05) is 32.1 Å². The fourth-order valence-electron chi connectivity index (χ4n) is 3.55. The molecule has 1 aliphatic heterocycles. The Balaban J connectivity index is 1.59.